The zero-order valence-corrected chi connectivity index (χ0v) is 13.3. The molecule has 20 heavy (non-hydrogen) atoms. The number of rotatable bonds is 4. The van der Waals surface area contributed by atoms with E-state index in [1.807, 2.05) is 5.38 Å². The minimum absolute atomic E-state index is 0.0436. The lowest BCUT2D eigenvalue weighted by molar-refractivity contribution is -0.145. The molecule has 5 nitrogen and oxygen atoms in total. The van der Waals surface area contributed by atoms with E-state index in [2.05, 4.69) is 11.9 Å². The van der Waals surface area contributed by atoms with E-state index < -0.39 is 11.7 Å². The normalized spacial score (nSPS) is 26.8. The maximum absolute atomic E-state index is 12.2. The second kappa shape index (κ2) is 6.43. The first-order valence-electron chi connectivity index (χ1n) is 6.68. The summed E-state index contributed by atoms with van der Waals surface area (Å²) < 4.78 is 0.983. The fourth-order valence-corrected chi connectivity index (χ4v) is 3.82. The summed E-state index contributed by atoms with van der Waals surface area (Å²) in [5.74, 6) is 0.923. The maximum Gasteiger partial charge on any atom is 0.228 e. The van der Waals surface area contributed by atoms with E-state index >= 15 is 0 Å². The molecule has 1 aromatic heterocycles. The molecule has 1 aliphatic rings. The summed E-state index contributed by atoms with van der Waals surface area (Å²) in [5, 5.41) is 21.6. The third-order valence-electron chi connectivity index (χ3n) is 3.48. The monoisotopic (exact) mass is 316 g/mol. The quantitative estimate of drug-likeness (QED) is 0.815. The summed E-state index contributed by atoms with van der Waals surface area (Å²) in [5.41, 5.74) is -0.315. The number of piperidine rings is 1. The topological polar surface area (TPSA) is 73.7 Å². The van der Waals surface area contributed by atoms with Gasteiger partial charge in [-0.2, -0.15) is 0 Å². The highest BCUT2D eigenvalue weighted by Crippen LogP contribution is 2.24. The van der Waals surface area contributed by atoms with Crippen molar-refractivity contribution in [3.05, 3.63) is 11.1 Å². The van der Waals surface area contributed by atoms with Crippen LogP contribution in [0.15, 0.2) is 9.72 Å². The van der Waals surface area contributed by atoms with Crippen molar-refractivity contribution >= 4 is 29.0 Å². The Kier molecular flexibility index (Phi) is 5.06. The molecule has 2 atom stereocenters. The van der Waals surface area contributed by atoms with Gasteiger partial charge < -0.3 is 15.1 Å². The van der Waals surface area contributed by atoms with Crippen molar-refractivity contribution in [1.82, 2.24) is 9.88 Å². The fraction of sp³-hybridized carbons (Fsp3) is 0.692. The number of carbonyl (C=O) groups is 1. The second-order valence-corrected chi connectivity index (χ2v) is 7.55. The SMILES string of the molecule is CCSc1nc(CC(=O)N2CC[C@](C)(O)[C@H](O)C2)cs1. The van der Waals surface area contributed by atoms with Gasteiger partial charge in [0.05, 0.1) is 23.8 Å². The van der Waals surface area contributed by atoms with Gasteiger partial charge in [-0.05, 0) is 19.1 Å². The standard InChI is InChI=1S/C13H20N2O3S2/c1-3-19-12-14-9(8-20-12)6-11(17)15-5-4-13(2,18)10(16)7-15/h8,10,16,18H,3-7H2,1-2H3/t10-,13+/m1/s1. The molecule has 0 saturated carbocycles. The Bertz CT molecular complexity index is 476. The third-order valence-corrected chi connectivity index (χ3v) is 5.43. The Hall–Kier alpha value is -0.630. The first-order chi connectivity index (χ1) is 9.42. The summed E-state index contributed by atoms with van der Waals surface area (Å²) in [6.45, 7) is 4.34. The highest BCUT2D eigenvalue weighted by molar-refractivity contribution is 8.00. The number of aliphatic hydroxyl groups excluding tert-OH is 1. The average molecular weight is 316 g/mol. The zero-order chi connectivity index (χ0) is 14.8. The Morgan fingerprint density at radius 1 is 1.70 bits per heavy atom. The van der Waals surface area contributed by atoms with Crippen molar-refractivity contribution in [2.75, 3.05) is 18.8 Å². The zero-order valence-electron chi connectivity index (χ0n) is 11.7. The van der Waals surface area contributed by atoms with Crippen LogP contribution in [0.5, 0.6) is 0 Å². The predicted molar refractivity (Wildman–Crippen MR) is 80.0 cm³/mol. The number of nitrogens with zero attached hydrogens (tertiary/aromatic N) is 2. The molecule has 2 rings (SSSR count). The van der Waals surface area contributed by atoms with Gasteiger partial charge in [-0.3, -0.25) is 4.79 Å². The number of thioether (sulfide) groups is 1. The fourth-order valence-electron chi connectivity index (χ4n) is 2.08. The molecule has 2 N–H and O–H groups in total. The summed E-state index contributed by atoms with van der Waals surface area (Å²) in [6.07, 6.45) is -0.231. The number of aliphatic hydroxyl groups is 2. The van der Waals surface area contributed by atoms with E-state index in [4.69, 9.17) is 0 Å². The van der Waals surface area contributed by atoms with E-state index in [0.717, 1.165) is 15.8 Å². The smallest absolute Gasteiger partial charge is 0.228 e. The molecule has 1 aliphatic heterocycles. The molecule has 0 aliphatic carbocycles. The number of likely N-dealkylation sites (tertiary alicyclic amines) is 1. The number of β-amino-alcohol motifs (C(OH)–C–C–N with tert-alkyl or cyclic N) is 1. The number of carbonyl (C=O) groups excluding carboxylic acids is 1. The van der Waals surface area contributed by atoms with E-state index in [9.17, 15) is 15.0 Å². The Morgan fingerprint density at radius 3 is 3.10 bits per heavy atom. The molecule has 0 aromatic carbocycles. The number of hydrogen-bond acceptors (Lipinski definition) is 6. The van der Waals surface area contributed by atoms with Gasteiger partial charge in [-0.25, -0.2) is 4.98 Å². The first kappa shape index (κ1) is 15.8. The molecule has 7 heteroatoms. The van der Waals surface area contributed by atoms with Crippen LogP contribution in [0, 0.1) is 0 Å². The average Bonchev–Trinajstić information content (AvgIpc) is 2.80. The molecule has 0 bridgehead atoms. The van der Waals surface area contributed by atoms with E-state index in [1.165, 1.54) is 0 Å². The van der Waals surface area contributed by atoms with Crippen molar-refractivity contribution in [2.24, 2.45) is 0 Å². The molecule has 1 fully saturated rings. The Morgan fingerprint density at radius 2 is 2.45 bits per heavy atom. The third kappa shape index (κ3) is 3.72. The Labute approximate surface area is 127 Å². The first-order valence-corrected chi connectivity index (χ1v) is 8.54. The summed E-state index contributed by atoms with van der Waals surface area (Å²) in [7, 11) is 0. The van der Waals surface area contributed by atoms with Gasteiger partial charge in [0, 0.05) is 18.5 Å². The van der Waals surface area contributed by atoms with Crippen LogP contribution in [0.1, 0.15) is 26.0 Å². The predicted octanol–water partition coefficient (Wildman–Crippen LogP) is 1.14. The lowest BCUT2D eigenvalue weighted by atomic mass is 9.90. The minimum Gasteiger partial charge on any atom is -0.388 e. The highest BCUT2D eigenvalue weighted by Gasteiger charge is 2.37. The molecule has 0 radical (unpaired) electrons. The molecule has 2 heterocycles. The van der Waals surface area contributed by atoms with Crippen LogP contribution in [0.25, 0.3) is 0 Å². The number of aromatic nitrogens is 1. The molecule has 1 aromatic rings. The second-order valence-electron chi connectivity index (χ2n) is 5.18. The van der Waals surface area contributed by atoms with E-state index in [1.54, 1.807) is 34.9 Å². The summed E-state index contributed by atoms with van der Waals surface area (Å²) in [6, 6.07) is 0. The van der Waals surface area contributed by atoms with Gasteiger partial charge in [0.1, 0.15) is 4.34 Å². The van der Waals surface area contributed by atoms with Crippen LogP contribution < -0.4 is 0 Å². The van der Waals surface area contributed by atoms with Gasteiger partial charge in [0.25, 0.3) is 0 Å². The highest BCUT2D eigenvalue weighted by atomic mass is 32.2. The van der Waals surface area contributed by atoms with Crippen molar-refractivity contribution in [1.29, 1.82) is 0 Å². The van der Waals surface area contributed by atoms with Crippen molar-refractivity contribution in [3.63, 3.8) is 0 Å². The van der Waals surface area contributed by atoms with Crippen molar-refractivity contribution < 1.29 is 15.0 Å². The lowest BCUT2D eigenvalue weighted by Crippen LogP contribution is -2.55. The van der Waals surface area contributed by atoms with Gasteiger partial charge in [-0.1, -0.05) is 18.7 Å². The lowest BCUT2D eigenvalue weighted by Gasteiger charge is -2.39. The van der Waals surface area contributed by atoms with Gasteiger partial charge >= 0.3 is 0 Å². The van der Waals surface area contributed by atoms with Crippen molar-refractivity contribution in [3.8, 4) is 0 Å². The molecule has 112 valence electrons. The van der Waals surface area contributed by atoms with Crippen LogP contribution in [-0.4, -0.2) is 56.6 Å². The minimum atomic E-state index is -1.09. The van der Waals surface area contributed by atoms with E-state index in [-0.39, 0.29) is 18.9 Å². The maximum atomic E-state index is 12.2. The molecule has 0 spiro atoms. The van der Waals surface area contributed by atoms with Gasteiger partial charge in [-0.15, -0.1) is 11.3 Å². The molecule has 1 amide bonds. The number of thiazole rings is 1. The van der Waals surface area contributed by atoms with E-state index in [0.29, 0.717) is 13.0 Å². The Balaban J connectivity index is 1.91. The van der Waals surface area contributed by atoms with Crippen LogP contribution in [-0.2, 0) is 11.2 Å². The molecular weight excluding hydrogens is 296 g/mol. The van der Waals surface area contributed by atoms with Crippen LogP contribution in [0.3, 0.4) is 0 Å². The molecular formula is C13H20N2O3S2. The number of hydrogen-bond donors (Lipinski definition) is 2. The van der Waals surface area contributed by atoms with Crippen LogP contribution >= 0.6 is 23.1 Å². The van der Waals surface area contributed by atoms with Gasteiger partial charge in [0.15, 0.2) is 0 Å². The van der Waals surface area contributed by atoms with Gasteiger partial charge in [0.2, 0.25) is 5.91 Å². The van der Waals surface area contributed by atoms with Crippen LogP contribution in [0.2, 0.25) is 0 Å². The molecule has 0 unspecified atom stereocenters. The summed E-state index contributed by atoms with van der Waals surface area (Å²) in [4.78, 5) is 18.2. The number of amides is 1. The molecule has 1 saturated heterocycles. The summed E-state index contributed by atoms with van der Waals surface area (Å²) >= 11 is 3.22. The largest absolute Gasteiger partial charge is 0.388 e. The van der Waals surface area contributed by atoms with Crippen LogP contribution in [0.4, 0.5) is 0 Å². The van der Waals surface area contributed by atoms with Crippen molar-refractivity contribution in [2.45, 2.75) is 42.7 Å².